The van der Waals surface area contributed by atoms with E-state index in [2.05, 4.69) is 0 Å². The molecular weight excluding hydrogens is 336 g/mol. The molecule has 1 heterocycles. The van der Waals surface area contributed by atoms with Gasteiger partial charge in [0.15, 0.2) is 5.78 Å². The summed E-state index contributed by atoms with van der Waals surface area (Å²) in [6.45, 7) is 2.00. The Hall–Kier alpha value is -2.40. The van der Waals surface area contributed by atoms with E-state index in [1.54, 1.807) is 31.4 Å². The Balaban J connectivity index is 2.05. The summed E-state index contributed by atoms with van der Waals surface area (Å²) in [5.41, 5.74) is 1.81. The molecule has 25 heavy (non-hydrogen) atoms. The van der Waals surface area contributed by atoms with Gasteiger partial charge >= 0.3 is 5.97 Å². The average Bonchev–Trinajstić information content (AvgIpc) is 3.15. The van der Waals surface area contributed by atoms with Crippen molar-refractivity contribution in [2.75, 3.05) is 13.7 Å². The van der Waals surface area contributed by atoms with Gasteiger partial charge in [-0.15, -0.1) is 11.3 Å². The van der Waals surface area contributed by atoms with Gasteiger partial charge in [-0.05, 0) is 48.1 Å². The van der Waals surface area contributed by atoms with E-state index < -0.39 is 11.9 Å². The maximum atomic E-state index is 12.8. The number of carbonyl (C=O) groups excluding carboxylic acids is 2. The predicted octanol–water partition coefficient (Wildman–Crippen LogP) is 4.08. The van der Waals surface area contributed by atoms with Crippen molar-refractivity contribution in [1.29, 1.82) is 0 Å². The summed E-state index contributed by atoms with van der Waals surface area (Å²) in [4.78, 5) is 26.3. The van der Waals surface area contributed by atoms with Gasteiger partial charge < -0.3 is 9.47 Å². The number of esters is 1. The van der Waals surface area contributed by atoms with Gasteiger partial charge in [0.2, 0.25) is 0 Å². The van der Waals surface area contributed by atoms with Crippen molar-refractivity contribution in [3.8, 4) is 5.75 Å². The van der Waals surface area contributed by atoms with Gasteiger partial charge in [-0.3, -0.25) is 9.59 Å². The van der Waals surface area contributed by atoms with Crippen LogP contribution in [0, 0.1) is 5.92 Å². The Kier molecular flexibility index (Phi) is 5.34. The monoisotopic (exact) mass is 356 g/mol. The third kappa shape index (κ3) is 3.51. The normalized spacial score (nSPS) is 20.1. The molecule has 0 fully saturated rings. The first kappa shape index (κ1) is 17.4. The molecule has 0 bridgehead atoms. The molecule has 1 aromatic heterocycles. The van der Waals surface area contributed by atoms with Gasteiger partial charge in [-0.2, -0.15) is 0 Å². The van der Waals surface area contributed by atoms with Crippen LogP contribution in [0.25, 0.3) is 5.57 Å². The SMILES string of the molecule is CCOC(=O)[C@@H]1C(=O)C=C(c2cccs2)C[C@H]1c1ccccc1OC. The summed E-state index contributed by atoms with van der Waals surface area (Å²) < 4.78 is 10.6. The highest BCUT2D eigenvalue weighted by atomic mass is 32.1. The minimum absolute atomic E-state index is 0.205. The predicted molar refractivity (Wildman–Crippen MR) is 97.8 cm³/mol. The van der Waals surface area contributed by atoms with Crippen LogP contribution in [0.4, 0.5) is 0 Å². The van der Waals surface area contributed by atoms with Crippen LogP contribution in [-0.4, -0.2) is 25.5 Å². The molecule has 0 unspecified atom stereocenters. The van der Waals surface area contributed by atoms with Crippen LogP contribution >= 0.6 is 11.3 Å². The Morgan fingerprint density at radius 3 is 2.72 bits per heavy atom. The standard InChI is InChI=1S/C20H20O4S/c1-3-24-20(22)19-15(14-7-4-5-8-17(14)23-2)11-13(12-16(19)21)18-9-6-10-25-18/h4-10,12,15,19H,3,11H2,1-2H3/t15-,19-/m0/s1. The van der Waals surface area contributed by atoms with Crippen LogP contribution in [0.5, 0.6) is 5.75 Å². The lowest BCUT2D eigenvalue weighted by Crippen LogP contribution is -2.34. The molecule has 0 aliphatic heterocycles. The van der Waals surface area contributed by atoms with Crippen molar-refractivity contribution in [2.45, 2.75) is 19.3 Å². The van der Waals surface area contributed by atoms with E-state index in [1.807, 2.05) is 41.8 Å². The number of carbonyl (C=O) groups is 2. The Labute approximate surface area is 151 Å². The summed E-state index contributed by atoms with van der Waals surface area (Å²) in [6.07, 6.45) is 2.19. The van der Waals surface area contributed by atoms with Crippen LogP contribution in [0.1, 0.15) is 29.7 Å². The Bertz CT molecular complexity index is 792. The molecule has 1 aliphatic carbocycles. The number of ether oxygens (including phenoxy) is 2. The van der Waals surface area contributed by atoms with E-state index in [0.717, 1.165) is 16.0 Å². The van der Waals surface area contributed by atoms with E-state index in [-0.39, 0.29) is 18.3 Å². The molecule has 1 aliphatic rings. The number of hydrogen-bond acceptors (Lipinski definition) is 5. The van der Waals surface area contributed by atoms with Gasteiger partial charge in [0, 0.05) is 10.8 Å². The topological polar surface area (TPSA) is 52.6 Å². The van der Waals surface area contributed by atoms with Crippen LogP contribution in [0.3, 0.4) is 0 Å². The first-order valence-electron chi connectivity index (χ1n) is 8.23. The Morgan fingerprint density at radius 2 is 2.04 bits per heavy atom. The highest BCUT2D eigenvalue weighted by Crippen LogP contribution is 2.43. The highest BCUT2D eigenvalue weighted by molar-refractivity contribution is 7.11. The molecule has 0 saturated carbocycles. The van der Waals surface area contributed by atoms with Gasteiger partial charge in [0.1, 0.15) is 11.7 Å². The second-order valence-electron chi connectivity index (χ2n) is 5.83. The molecule has 0 amide bonds. The summed E-state index contributed by atoms with van der Waals surface area (Å²) in [6, 6.07) is 11.5. The molecule has 0 radical (unpaired) electrons. The Morgan fingerprint density at radius 1 is 1.24 bits per heavy atom. The number of hydrogen-bond donors (Lipinski definition) is 0. The molecular formula is C20H20O4S. The fourth-order valence-corrected chi connectivity index (χ4v) is 4.04. The molecule has 0 saturated heterocycles. The fraction of sp³-hybridized carbons (Fsp3) is 0.300. The summed E-state index contributed by atoms with van der Waals surface area (Å²) in [7, 11) is 1.60. The second-order valence-corrected chi connectivity index (χ2v) is 6.78. The maximum Gasteiger partial charge on any atom is 0.317 e. The zero-order chi connectivity index (χ0) is 17.8. The smallest absolute Gasteiger partial charge is 0.317 e. The van der Waals surface area contributed by atoms with Crippen LogP contribution < -0.4 is 4.74 Å². The first-order valence-corrected chi connectivity index (χ1v) is 9.11. The number of methoxy groups -OCH3 is 1. The second kappa shape index (κ2) is 7.66. The first-order chi connectivity index (χ1) is 12.2. The molecule has 130 valence electrons. The molecule has 2 atom stereocenters. The summed E-state index contributed by atoms with van der Waals surface area (Å²) >= 11 is 1.59. The van der Waals surface area contributed by atoms with Gasteiger partial charge in [0.25, 0.3) is 0 Å². The lowest BCUT2D eigenvalue weighted by atomic mass is 9.74. The largest absolute Gasteiger partial charge is 0.496 e. The van der Waals surface area contributed by atoms with Crippen LogP contribution in [0.15, 0.2) is 47.9 Å². The lowest BCUT2D eigenvalue weighted by molar-refractivity contribution is -0.151. The van der Waals surface area contributed by atoms with Crippen molar-refractivity contribution in [3.05, 3.63) is 58.3 Å². The number of allylic oxidation sites excluding steroid dienone is 2. The van der Waals surface area contributed by atoms with Gasteiger partial charge in [0.05, 0.1) is 13.7 Å². The zero-order valence-corrected chi connectivity index (χ0v) is 15.0. The van der Waals surface area contributed by atoms with Gasteiger partial charge in [-0.25, -0.2) is 0 Å². The van der Waals surface area contributed by atoms with E-state index in [4.69, 9.17) is 9.47 Å². The minimum atomic E-state index is -0.833. The third-order valence-corrected chi connectivity index (χ3v) is 5.33. The van der Waals surface area contributed by atoms with Crippen molar-refractivity contribution in [1.82, 2.24) is 0 Å². The van der Waals surface area contributed by atoms with E-state index >= 15 is 0 Å². The lowest BCUT2D eigenvalue weighted by Gasteiger charge is -2.30. The van der Waals surface area contributed by atoms with E-state index in [1.165, 1.54) is 0 Å². The summed E-state index contributed by atoms with van der Waals surface area (Å²) in [5.74, 6) is -1.12. The summed E-state index contributed by atoms with van der Waals surface area (Å²) in [5, 5.41) is 1.98. The zero-order valence-electron chi connectivity index (χ0n) is 14.2. The quantitative estimate of drug-likeness (QED) is 0.598. The molecule has 5 heteroatoms. The number of rotatable bonds is 5. The molecule has 4 nitrogen and oxygen atoms in total. The highest BCUT2D eigenvalue weighted by Gasteiger charge is 2.40. The van der Waals surface area contributed by atoms with Gasteiger partial charge in [-0.1, -0.05) is 24.3 Å². The maximum absolute atomic E-state index is 12.8. The molecule has 3 rings (SSSR count). The molecule has 2 aromatic rings. The number of ketones is 1. The van der Waals surface area contributed by atoms with Crippen LogP contribution in [-0.2, 0) is 14.3 Å². The van der Waals surface area contributed by atoms with Crippen LogP contribution in [0.2, 0.25) is 0 Å². The molecule has 0 N–H and O–H groups in total. The third-order valence-electron chi connectivity index (χ3n) is 4.38. The van der Waals surface area contributed by atoms with Crippen molar-refractivity contribution in [2.24, 2.45) is 5.92 Å². The number of thiophene rings is 1. The fourth-order valence-electron chi connectivity index (χ4n) is 3.28. The molecule has 0 spiro atoms. The van der Waals surface area contributed by atoms with E-state index in [9.17, 15) is 9.59 Å². The minimum Gasteiger partial charge on any atom is -0.496 e. The van der Waals surface area contributed by atoms with Crippen molar-refractivity contribution >= 4 is 28.7 Å². The van der Waals surface area contributed by atoms with Crippen molar-refractivity contribution in [3.63, 3.8) is 0 Å². The molecule has 1 aromatic carbocycles. The van der Waals surface area contributed by atoms with E-state index in [0.29, 0.717) is 12.2 Å². The number of para-hydroxylation sites is 1. The average molecular weight is 356 g/mol. The number of benzene rings is 1. The van der Waals surface area contributed by atoms with Crippen molar-refractivity contribution < 1.29 is 19.1 Å².